The van der Waals surface area contributed by atoms with E-state index in [1.165, 1.54) is 5.69 Å². The van der Waals surface area contributed by atoms with Crippen LogP contribution in [0.25, 0.3) is 0 Å². The highest BCUT2D eigenvalue weighted by Gasteiger charge is 2.21. The smallest absolute Gasteiger partial charge is 0.104 e. The zero-order valence-corrected chi connectivity index (χ0v) is 10.3. The van der Waals surface area contributed by atoms with Crippen molar-refractivity contribution >= 4 is 0 Å². The third-order valence-corrected chi connectivity index (χ3v) is 3.22. The van der Waals surface area contributed by atoms with Crippen molar-refractivity contribution in [3.8, 4) is 6.07 Å². The van der Waals surface area contributed by atoms with E-state index in [9.17, 15) is 0 Å². The Bertz CT molecular complexity index is 388. The van der Waals surface area contributed by atoms with Gasteiger partial charge in [-0.2, -0.15) is 5.26 Å². The molecule has 0 aliphatic carbocycles. The number of hydrogen-bond donors (Lipinski definition) is 1. The number of hydrogen-bond acceptors (Lipinski definition) is 3. The van der Waals surface area contributed by atoms with Crippen molar-refractivity contribution in [3.63, 3.8) is 0 Å². The van der Waals surface area contributed by atoms with E-state index >= 15 is 0 Å². The molecule has 88 valence electrons. The summed E-state index contributed by atoms with van der Waals surface area (Å²) < 4.78 is 2.11. The molecule has 0 fully saturated rings. The van der Waals surface area contributed by atoms with Crippen molar-refractivity contribution in [1.29, 1.82) is 5.26 Å². The van der Waals surface area contributed by atoms with Gasteiger partial charge in [0.05, 0.1) is 18.1 Å². The molecule has 16 heavy (non-hydrogen) atoms. The lowest BCUT2D eigenvalue weighted by Gasteiger charge is -2.19. The van der Waals surface area contributed by atoms with Crippen LogP contribution in [0.2, 0.25) is 0 Å². The van der Waals surface area contributed by atoms with E-state index < -0.39 is 5.54 Å². The first-order chi connectivity index (χ1) is 7.52. The van der Waals surface area contributed by atoms with Gasteiger partial charge in [-0.15, -0.1) is 0 Å². The van der Waals surface area contributed by atoms with E-state index in [2.05, 4.69) is 22.5 Å². The Kier molecular flexibility index (Phi) is 4.08. The molecule has 4 nitrogen and oxygen atoms in total. The summed E-state index contributed by atoms with van der Waals surface area (Å²) in [4.78, 5) is 4.24. The first kappa shape index (κ1) is 12.7. The highest BCUT2D eigenvalue weighted by atomic mass is 15.0. The number of nitrogens with two attached hydrogens (primary N) is 1. The van der Waals surface area contributed by atoms with Crippen LogP contribution in [0.5, 0.6) is 0 Å². The summed E-state index contributed by atoms with van der Waals surface area (Å²) >= 11 is 0. The topological polar surface area (TPSA) is 67.6 Å². The molecule has 0 amide bonds. The Morgan fingerprint density at radius 2 is 2.25 bits per heavy atom. The fourth-order valence-corrected chi connectivity index (χ4v) is 1.65. The Hall–Kier alpha value is -1.34. The lowest BCUT2D eigenvalue weighted by Crippen LogP contribution is -2.37. The summed E-state index contributed by atoms with van der Waals surface area (Å²) in [6.07, 6.45) is 4.19. The van der Waals surface area contributed by atoms with Gasteiger partial charge >= 0.3 is 0 Å². The SMILES string of the molecule is CCC(N)(C#N)CCCn1cnc(C)c1C. The lowest BCUT2D eigenvalue weighted by atomic mass is 9.93. The average molecular weight is 220 g/mol. The first-order valence-electron chi connectivity index (χ1n) is 5.71. The number of nitriles is 1. The van der Waals surface area contributed by atoms with Gasteiger partial charge in [-0.25, -0.2) is 4.98 Å². The van der Waals surface area contributed by atoms with Gasteiger partial charge in [-0.1, -0.05) is 6.92 Å². The highest BCUT2D eigenvalue weighted by molar-refractivity contribution is 5.08. The quantitative estimate of drug-likeness (QED) is 0.824. The van der Waals surface area contributed by atoms with Crippen LogP contribution in [0, 0.1) is 25.2 Å². The van der Waals surface area contributed by atoms with Crippen molar-refractivity contribution in [3.05, 3.63) is 17.7 Å². The molecular weight excluding hydrogens is 200 g/mol. The predicted molar refractivity (Wildman–Crippen MR) is 63.8 cm³/mol. The molecule has 2 N–H and O–H groups in total. The van der Waals surface area contributed by atoms with Gasteiger partial charge in [0, 0.05) is 12.2 Å². The van der Waals surface area contributed by atoms with E-state index in [4.69, 9.17) is 11.0 Å². The number of aromatic nitrogens is 2. The van der Waals surface area contributed by atoms with Crippen LogP contribution in [0.4, 0.5) is 0 Å². The molecule has 4 heteroatoms. The Morgan fingerprint density at radius 1 is 1.56 bits per heavy atom. The fourth-order valence-electron chi connectivity index (χ4n) is 1.65. The number of nitrogens with zero attached hydrogens (tertiary/aromatic N) is 3. The van der Waals surface area contributed by atoms with Crippen LogP contribution >= 0.6 is 0 Å². The monoisotopic (exact) mass is 220 g/mol. The van der Waals surface area contributed by atoms with Gasteiger partial charge in [-0.3, -0.25) is 0 Å². The second-order valence-electron chi connectivity index (χ2n) is 4.33. The molecule has 0 bridgehead atoms. The summed E-state index contributed by atoms with van der Waals surface area (Å²) in [5.41, 5.74) is 7.51. The normalized spacial score (nSPS) is 14.4. The maximum absolute atomic E-state index is 8.95. The lowest BCUT2D eigenvalue weighted by molar-refractivity contribution is 0.443. The maximum Gasteiger partial charge on any atom is 0.104 e. The van der Waals surface area contributed by atoms with Crippen molar-refractivity contribution in [2.75, 3.05) is 0 Å². The van der Waals surface area contributed by atoms with Gasteiger partial charge in [0.1, 0.15) is 5.54 Å². The van der Waals surface area contributed by atoms with Gasteiger partial charge in [-0.05, 0) is 33.1 Å². The van der Waals surface area contributed by atoms with Crippen LogP contribution in [0.3, 0.4) is 0 Å². The standard InChI is InChI=1S/C12H20N4/c1-4-12(14,8-13)6-5-7-16-9-15-10(2)11(16)3/h9H,4-7,14H2,1-3H3. The van der Waals surface area contributed by atoms with Gasteiger partial charge < -0.3 is 10.3 Å². The fraction of sp³-hybridized carbons (Fsp3) is 0.667. The summed E-state index contributed by atoms with van der Waals surface area (Å²) in [5.74, 6) is 0. The molecule has 0 saturated carbocycles. The molecule has 1 atom stereocenters. The van der Waals surface area contributed by atoms with Crippen molar-refractivity contribution < 1.29 is 0 Å². The number of imidazole rings is 1. The van der Waals surface area contributed by atoms with E-state index in [0.29, 0.717) is 6.42 Å². The molecule has 1 aromatic heterocycles. The second-order valence-corrected chi connectivity index (χ2v) is 4.33. The molecule has 1 unspecified atom stereocenters. The molecule has 0 aliphatic heterocycles. The van der Waals surface area contributed by atoms with Gasteiger partial charge in [0.25, 0.3) is 0 Å². The molecular formula is C12H20N4. The van der Waals surface area contributed by atoms with Crippen molar-refractivity contribution in [2.24, 2.45) is 5.73 Å². The minimum absolute atomic E-state index is 0.663. The maximum atomic E-state index is 8.95. The Morgan fingerprint density at radius 3 is 2.69 bits per heavy atom. The minimum atomic E-state index is -0.663. The van der Waals surface area contributed by atoms with E-state index in [1.54, 1.807) is 0 Å². The summed E-state index contributed by atoms with van der Waals surface area (Å²) in [7, 11) is 0. The predicted octanol–water partition coefficient (Wildman–Crippen LogP) is 1.91. The molecule has 0 aliphatic rings. The molecule has 1 rings (SSSR count). The van der Waals surface area contributed by atoms with Crippen LogP contribution in [-0.2, 0) is 6.54 Å². The zero-order valence-electron chi connectivity index (χ0n) is 10.3. The van der Waals surface area contributed by atoms with Gasteiger partial charge in [0.2, 0.25) is 0 Å². The van der Waals surface area contributed by atoms with E-state index in [-0.39, 0.29) is 0 Å². The molecule has 0 aromatic carbocycles. The highest BCUT2D eigenvalue weighted by Crippen LogP contribution is 2.14. The van der Waals surface area contributed by atoms with Gasteiger partial charge in [0.15, 0.2) is 0 Å². The average Bonchev–Trinajstić information content (AvgIpc) is 2.60. The van der Waals surface area contributed by atoms with Crippen molar-refractivity contribution in [1.82, 2.24) is 9.55 Å². The second kappa shape index (κ2) is 5.13. The van der Waals surface area contributed by atoms with Crippen LogP contribution in [0.15, 0.2) is 6.33 Å². The van der Waals surface area contributed by atoms with E-state index in [1.807, 2.05) is 20.2 Å². The molecule has 1 aromatic rings. The summed E-state index contributed by atoms with van der Waals surface area (Å²) in [6.45, 7) is 6.89. The third kappa shape index (κ3) is 2.83. The van der Waals surface area contributed by atoms with Crippen LogP contribution in [0.1, 0.15) is 37.6 Å². The number of aryl methyl sites for hydroxylation is 2. The Balaban J connectivity index is 2.48. The van der Waals surface area contributed by atoms with Crippen LogP contribution < -0.4 is 5.73 Å². The molecule has 0 radical (unpaired) electrons. The minimum Gasteiger partial charge on any atom is -0.335 e. The van der Waals surface area contributed by atoms with Crippen LogP contribution in [-0.4, -0.2) is 15.1 Å². The summed E-state index contributed by atoms with van der Waals surface area (Å²) in [5, 5.41) is 8.95. The molecule has 0 saturated heterocycles. The molecule has 1 heterocycles. The third-order valence-electron chi connectivity index (χ3n) is 3.22. The number of rotatable bonds is 5. The first-order valence-corrected chi connectivity index (χ1v) is 5.71. The van der Waals surface area contributed by atoms with E-state index in [0.717, 1.165) is 25.1 Å². The Labute approximate surface area is 97.1 Å². The van der Waals surface area contributed by atoms with Crippen molar-refractivity contribution in [2.45, 2.75) is 52.1 Å². The largest absolute Gasteiger partial charge is 0.335 e. The molecule has 0 spiro atoms. The zero-order chi connectivity index (χ0) is 12.2. The summed E-state index contributed by atoms with van der Waals surface area (Å²) in [6, 6.07) is 2.19.